The Morgan fingerprint density at radius 1 is 0.731 bits per heavy atom. The van der Waals surface area contributed by atoms with Gasteiger partial charge in [0.25, 0.3) is 0 Å². The molecular weight excluding hydrogens is 344 g/mol. The van der Waals surface area contributed by atoms with Gasteiger partial charge in [-0.05, 0) is 93.8 Å². The zero-order valence-corrected chi connectivity index (χ0v) is 17.4. The average Bonchev–Trinajstić information content (AvgIpc) is 3.12. The summed E-state index contributed by atoms with van der Waals surface area (Å²) < 4.78 is 25.0. The van der Waals surface area contributed by atoms with Crippen LogP contribution in [0.5, 0.6) is 0 Å². The molecule has 11 atom stereocenters. The maximum atomic E-state index is 6.36. The third-order valence-corrected chi connectivity index (χ3v) is 12.8. The summed E-state index contributed by atoms with van der Waals surface area (Å²) in [7, 11) is -2.57. The van der Waals surface area contributed by atoms with Crippen molar-refractivity contribution in [1.82, 2.24) is 0 Å². The summed E-state index contributed by atoms with van der Waals surface area (Å²) in [4.78, 5) is 0. The number of epoxide rings is 1. The van der Waals surface area contributed by atoms with Crippen LogP contribution in [0.25, 0.3) is 0 Å². The Bertz CT molecular complexity index is 567. The maximum absolute atomic E-state index is 6.36. The first-order valence-corrected chi connectivity index (χ1v) is 13.1. The SMILES string of the molecule is CCO[Si](OCC)(OCC)C1CC2CC1C1C3CC(C4C3CC3OC34)C21. The minimum atomic E-state index is -2.57. The third-order valence-electron chi connectivity index (χ3n) is 9.20. The second-order valence-corrected chi connectivity index (χ2v) is 12.6. The minimum Gasteiger partial charge on any atom is -0.374 e. The van der Waals surface area contributed by atoms with Crippen molar-refractivity contribution in [3.8, 4) is 0 Å². The van der Waals surface area contributed by atoms with Gasteiger partial charge in [0.05, 0.1) is 12.2 Å². The lowest BCUT2D eigenvalue weighted by molar-refractivity contribution is 0.00988. The molecule has 1 aliphatic heterocycles. The van der Waals surface area contributed by atoms with Crippen LogP contribution in [0.4, 0.5) is 0 Å². The van der Waals surface area contributed by atoms with Crippen LogP contribution in [0, 0.1) is 47.3 Å². The van der Waals surface area contributed by atoms with E-state index in [1.807, 2.05) is 0 Å². The van der Waals surface area contributed by atoms with Gasteiger partial charge in [-0.3, -0.25) is 0 Å². The van der Waals surface area contributed by atoms with Crippen LogP contribution in [0.2, 0.25) is 5.54 Å². The molecule has 6 aliphatic rings. The third kappa shape index (κ3) is 2.00. The Morgan fingerprint density at radius 2 is 1.42 bits per heavy atom. The van der Waals surface area contributed by atoms with Crippen LogP contribution < -0.4 is 0 Å². The van der Waals surface area contributed by atoms with Gasteiger partial charge in [-0.15, -0.1) is 0 Å². The minimum absolute atomic E-state index is 0.554. The van der Waals surface area contributed by atoms with E-state index in [1.54, 1.807) is 0 Å². The summed E-state index contributed by atoms with van der Waals surface area (Å²) in [5.74, 6) is 7.49. The lowest BCUT2D eigenvalue weighted by Crippen LogP contribution is -2.54. The monoisotopic (exact) mass is 378 g/mol. The Hall–Kier alpha value is 0.0569. The topological polar surface area (TPSA) is 40.2 Å². The first-order chi connectivity index (χ1) is 12.7. The molecule has 1 heterocycles. The number of fused-ring (bicyclic) bond motifs is 14. The van der Waals surface area contributed by atoms with Crippen molar-refractivity contribution in [2.45, 2.75) is 64.2 Å². The number of hydrogen-bond acceptors (Lipinski definition) is 4. The molecule has 0 spiro atoms. The first-order valence-electron chi connectivity index (χ1n) is 11.3. The zero-order chi connectivity index (χ0) is 17.6. The fourth-order valence-corrected chi connectivity index (χ4v) is 12.6. The lowest BCUT2D eigenvalue weighted by atomic mass is 9.64. The van der Waals surface area contributed by atoms with Crippen LogP contribution >= 0.6 is 0 Å². The highest BCUT2D eigenvalue weighted by Crippen LogP contribution is 2.77. The zero-order valence-electron chi connectivity index (χ0n) is 16.4. The van der Waals surface area contributed by atoms with Gasteiger partial charge in [-0.1, -0.05) is 0 Å². The van der Waals surface area contributed by atoms with Crippen LogP contribution in [-0.2, 0) is 18.0 Å². The highest BCUT2D eigenvalue weighted by atomic mass is 28.4. The van der Waals surface area contributed by atoms with Gasteiger partial charge >= 0.3 is 8.80 Å². The quantitative estimate of drug-likeness (QED) is 0.384. The summed E-state index contributed by atoms with van der Waals surface area (Å²) >= 11 is 0. The molecule has 0 radical (unpaired) electrons. The van der Waals surface area contributed by atoms with E-state index in [0.717, 1.165) is 47.3 Å². The largest absolute Gasteiger partial charge is 0.504 e. The Morgan fingerprint density at radius 3 is 2.12 bits per heavy atom. The van der Waals surface area contributed by atoms with Gasteiger partial charge < -0.3 is 18.0 Å². The van der Waals surface area contributed by atoms with Crippen molar-refractivity contribution in [3.05, 3.63) is 0 Å². The van der Waals surface area contributed by atoms with E-state index < -0.39 is 8.80 Å². The van der Waals surface area contributed by atoms with E-state index in [0.29, 0.717) is 37.6 Å². The molecule has 6 rings (SSSR count). The van der Waals surface area contributed by atoms with Gasteiger partial charge in [0.15, 0.2) is 0 Å². The van der Waals surface area contributed by atoms with Crippen molar-refractivity contribution in [3.63, 3.8) is 0 Å². The first kappa shape index (κ1) is 17.0. The average molecular weight is 379 g/mol. The van der Waals surface area contributed by atoms with Crippen LogP contribution in [-0.4, -0.2) is 40.8 Å². The molecule has 5 aliphatic carbocycles. The summed E-state index contributed by atoms with van der Waals surface area (Å²) in [5.41, 5.74) is 0.554. The van der Waals surface area contributed by atoms with Crippen LogP contribution in [0.15, 0.2) is 0 Å². The Balaban J connectivity index is 1.29. The predicted molar refractivity (Wildman–Crippen MR) is 99.4 cm³/mol. The Labute approximate surface area is 158 Å². The summed E-state index contributed by atoms with van der Waals surface area (Å²) in [6.45, 7) is 8.44. The van der Waals surface area contributed by atoms with E-state index in [4.69, 9.17) is 18.0 Å². The van der Waals surface area contributed by atoms with Crippen molar-refractivity contribution in [2.75, 3.05) is 19.8 Å². The molecule has 0 amide bonds. The second-order valence-electron chi connectivity index (χ2n) is 9.74. The fourth-order valence-electron chi connectivity index (χ4n) is 9.02. The molecule has 146 valence electrons. The van der Waals surface area contributed by atoms with Crippen molar-refractivity contribution in [2.24, 2.45) is 47.3 Å². The second kappa shape index (κ2) is 5.79. The predicted octanol–water partition coefficient (Wildman–Crippen LogP) is 3.73. The molecule has 1 saturated heterocycles. The van der Waals surface area contributed by atoms with Crippen LogP contribution in [0.1, 0.15) is 46.5 Å². The molecule has 4 bridgehead atoms. The smallest absolute Gasteiger partial charge is 0.374 e. The number of rotatable bonds is 7. The van der Waals surface area contributed by atoms with E-state index in [2.05, 4.69) is 20.8 Å². The van der Waals surface area contributed by atoms with Crippen molar-refractivity contribution < 1.29 is 18.0 Å². The molecular formula is C21H34O4Si. The number of ether oxygens (including phenoxy) is 1. The molecule has 4 nitrogen and oxygen atoms in total. The molecule has 0 aromatic rings. The molecule has 11 unspecified atom stereocenters. The fraction of sp³-hybridized carbons (Fsp3) is 1.00. The summed E-state index contributed by atoms with van der Waals surface area (Å²) in [5, 5.41) is 0. The molecule has 6 fully saturated rings. The van der Waals surface area contributed by atoms with Gasteiger partial charge in [-0.25, -0.2) is 0 Å². The molecule has 26 heavy (non-hydrogen) atoms. The van der Waals surface area contributed by atoms with Gasteiger partial charge in [0.2, 0.25) is 0 Å². The molecule has 5 heteroatoms. The summed E-state index contributed by atoms with van der Waals surface area (Å²) in [6.07, 6.45) is 6.90. The molecule has 0 aromatic heterocycles. The van der Waals surface area contributed by atoms with E-state index in [-0.39, 0.29) is 0 Å². The van der Waals surface area contributed by atoms with E-state index in [1.165, 1.54) is 25.7 Å². The number of hydrogen-bond donors (Lipinski definition) is 0. The standard InChI is InChI=1S/C21H34O4Si/c1-4-22-26(23-5-2,24-6-3)17-8-11-7-14(17)19-12-9-15(18(11)19)20-13(12)10-16-21(20)25-16/h11-21H,4-10H2,1-3H3. The molecule has 0 N–H and O–H groups in total. The lowest BCUT2D eigenvalue weighted by Gasteiger charge is -2.46. The highest BCUT2D eigenvalue weighted by Gasteiger charge is 2.75. The Kier molecular flexibility index (Phi) is 3.78. The summed E-state index contributed by atoms with van der Waals surface area (Å²) in [6, 6.07) is 0. The normalized spacial score (nSPS) is 55.3. The van der Waals surface area contributed by atoms with Gasteiger partial charge in [0.1, 0.15) is 0 Å². The highest BCUT2D eigenvalue weighted by molar-refractivity contribution is 6.62. The van der Waals surface area contributed by atoms with Gasteiger partial charge in [0, 0.05) is 25.4 Å². The van der Waals surface area contributed by atoms with Crippen LogP contribution in [0.3, 0.4) is 0 Å². The molecule has 5 saturated carbocycles. The molecule has 0 aromatic carbocycles. The van der Waals surface area contributed by atoms with Crippen molar-refractivity contribution in [1.29, 1.82) is 0 Å². The maximum Gasteiger partial charge on any atom is 0.504 e. The van der Waals surface area contributed by atoms with E-state index >= 15 is 0 Å². The van der Waals surface area contributed by atoms with E-state index in [9.17, 15) is 0 Å². The van der Waals surface area contributed by atoms with Crippen molar-refractivity contribution >= 4 is 8.80 Å². The van der Waals surface area contributed by atoms with Gasteiger partial charge in [-0.2, -0.15) is 0 Å².